The highest BCUT2D eigenvalue weighted by molar-refractivity contribution is 7.07. The van der Waals surface area contributed by atoms with Crippen LogP contribution in [0.4, 0.5) is 0 Å². The third-order valence-electron chi connectivity index (χ3n) is 6.07. The Morgan fingerprint density at radius 2 is 1.67 bits per heavy atom. The van der Waals surface area contributed by atoms with Crippen LogP contribution in [0.5, 0.6) is 17.2 Å². The maximum atomic E-state index is 13.7. The summed E-state index contributed by atoms with van der Waals surface area (Å²) in [7, 11) is 4.55. The second kappa shape index (κ2) is 10.7. The minimum Gasteiger partial charge on any atom is -0.493 e. The van der Waals surface area contributed by atoms with Gasteiger partial charge in [-0.1, -0.05) is 17.7 Å². The molecule has 0 spiro atoms. The minimum absolute atomic E-state index is 0.0431. The number of hydrogen-bond acceptors (Lipinski definition) is 7. The molecule has 3 aromatic rings. The molecule has 36 heavy (non-hydrogen) atoms. The van der Waals surface area contributed by atoms with Gasteiger partial charge < -0.3 is 19.1 Å². The van der Waals surface area contributed by atoms with Crippen LogP contribution >= 0.6 is 11.3 Å². The molecule has 2 aromatic carbocycles. The summed E-state index contributed by atoms with van der Waals surface area (Å²) >= 11 is 1.10. The van der Waals surface area contributed by atoms with E-state index in [4.69, 9.17) is 14.2 Å². The molecule has 0 bridgehead atoms. The number of nitrogens with zero attached hydrogens (tertiary/aromatic N) is 3. The van der Waals surface area contributed by atoms with Gasteiger partial charge in [-0.2, -0.15) is 5.26 Å². The molecule has 9 heteroatoms. The van der Waals surface area contributed by atoms with Crippen molar-refractivity contribution < 1.29 is 19.0 Å². The smallest absolute Gasteiger partial charge is 0.273 e. The fourth-order valence-corrected chi connectivity index (χ4v) is 5.31. The van der Waals surface area contributed by atoms with E-state index in [1.165, 1.54) is 25.9 Å². The predicted octanol–water partition coefficient (Wildman–Crippen LogP) is 2.36. The summed E-state index contributed by atoms with van der Waals surface area (Å²) in [5.74, 6) is 0.947. The molecule has 186 valence electrons. The number of carbonyl (C=O) groups excluding carboxylic acids is 1. The molecule has 0 atom stereocenters. The van der Waals surface area contributed by atoms with E-state index in [9.17, 15) is 14.9 Å². The van der Waals surface area contributed by atoms with Crippen LogP contribution < -0.4 is 29.0 Å². The van der Waals surface area contributed by atoms with E-state index in [2.05, 4.69) is 6.07 Å². The molecule has 1 aromatic heterocycles. The molecule has 0 N–H and O–H groups in total. The van der Waals surface area contributed by atoms with Crippen LogP contribution in [-0.2, 0) is 4.79 Å². The van der Waals surface area contributed by atoms with Gasteiger partial charge in [0.25, 0.3) is 11.5 Å². The van der Waals surface area contributed by atoms with E-state index in [1.54, 1.807) is 23.1 Å². The van der Waals surface area contributed by atoms with Crippen LogP contribution in [0.15, 0.2) is 41.2 Å². The number of hydrogen-bond donors (Lipinski definition) is 0. The van der Waals surface area contributed by atoms with Crippen molar-refractivity contribution in [2.24, 2.45) is 0 Å². The average molecular weight is 506 g/mol. The van der Waals surface area contributed by atoms with E-state index in [-0.39, 0.29) is 17.0 Å². The second-order valence-corrected chi connectivity index (χ2v) is 9.33. The summed E-state index contributed by atoms with van der Waals surface area (Å²) in [5, 5.41) is 10.0. The normalized spacial score (nSPS) is 14.4. The molecular weight excluding hydrogens is 478 g/mol. The van der Waals surface area contributed by atoms with Crippen molar-refractivity contribution in [3.05, 3.63) is 67.1 Å². The highest BCUT2D eigenvalue weighted by atomic mass is 32.1. The first-order valence-electron chi connectivity index (χ1n) is 11.5. The molecule has 2 heterocycles. The summed E-state index contributed by atoms with van der Waals surface area (Å²) in [5.41, 5.74) is 1.83. The lowest BCUT2D eigenvalue weighted by Crippen LogP contribution is -2.35. The standard InChI is InChI=1S/C27H27N3O5S/c1-17-7-10-19(11-8-17)30-26(32)22(15-18-9-12-21(33-2)24(35-4)23(18)34-3)36-27(30)20(16-28)25(31)29-13-5-6-14-29/h7-12,15H,5-6,13-14H2,1-4H3/b22-15-,27-20+. The van der Waals surface area contributed by atoms with Gasteiger partial charge in [0.15, 0.2) is 17.1 Å². The second-order valence-electron chi connectivity index (χ2n) is 8.30. The van der Waals surface area contributed by atoms with Crippen molar-refractivity contribution in [3.63, 3.8) is 0 Å². The minimum atomic E-state index is -0.354. The lowest BCUT2D eigenvalue weighted by Gasteiger charge is -2.14. The first-order valence-corrected chi connectivity index (χ1v) is 12.3. The van der Waals surface area contributed by atoms with Gasteiger partial charge in [-0.25, -0.2) is 0 Å². The zero-order valence-electron chi connectivity index (χ0n) is 20.7. The van der Waals surface area contributed by atoms with Gasteiger partial charge in [0.2, 0.25) is 5.75 Å². The Morgan fingerprint density at radius 3 is 2.25 bits per heavy atom. The number of methoxy groups -OCH3 is 3. The molecule has 0 unspecified atom stereocenters. The van der Waals surface area contributed by atoms with Gasteiger partial charge in [0.1, 0.15) is 10.7 Å². The number of rotatable bonds is 6. The average Bonchev–Trinajstić information content (AvgIpc) is 3.54. The van der Waals surface area contributed by atoms with Gasteiger partial charge in [0, 0.05) is 18.7 Å². The zero-order valence-corrected chi connectivity index (χ0v) is 21.5. The highest BCUT2D eigenvalue weighted by Crippen LogP contribution is 2.39. The number of ether oxygens (including phenoxy) is 3. The Balaban J connectivity index is 2.03. The van der Waals surface area contributed by atoms with E-state index >= 15 is 0 Å². The van der Waals surface area contributed by atoms with Crippen LogP contribution in [0.3, 0.4) is 0 Å². The quantitative estimate of drug-likeness (QED) is 0.511. The molecule has 4 rings (SSSR count). The summed E-state index contributed by atoms with van der Waals surface area (Å²) < 4.78 is 18.5. The van der Waals surface area contributed by atoms with E-state index < -0.39 is 0 Å². The first kappa shape index (κ1) is 25.1. The van der Waals surface area contributed by atoms with Crippen molar-refractivity contribution in [1.82, 2.24) is 9.47 Å². The lowest BCUT2D eigenvalue weighted by molar-refractivity contribution is -0.123. The Bertz CT molecular complexity index is 1510. The summed E-state index contributed by atoms with van der Waals surface area (Å²) in [6.45, 7) is 3.16. The fourth-order valence-electron chi connectivity index (χ4n) is 4.22. The number of nitriles is 1. The zero-order chi connectivity index (χ0) is 25.8. The van der Waals surface area contributed by atoms with Gasteiger partial charge in [-0.3, -0.25) is 14.2 Å². The molecule has 0 saturated carbocycles. The van der Waals surface area contributed by atoms with Crippen LogP contribution in [0.1, 0.15) is 24.0 Å². The highest BCUT2D eigenvalue weighted by Gasteiger charge is 2.25. The number of carbonyl (C=O) groups is 1. The number of benzene rings is 2. The van der Waals surface area contributed by atoms with Crippen molar-refractivity contribution in [3.8, 4) is 29.0 Å². The molecule has 1 saturated heterocycles. The fraction of sp³-hybridized carbons (Fsp3) is 0.296. The molecule has 0 aliphatic carbocycles. The Labute approximate surface area is 212 Å². The molecule has 0 radical (unpaired) electrons. The lowest BCUT2D eigenvalue weighted by atomic mass is 10.1. The third-order valence-corrected chi connectivity index (χ3v) is 7.16. The number of amides is 1. The largest absolute Gasteiger partial charge is 0.493 e. The van der Waals surface area contributed by atoms with Gasteiger partial charge in [-0.05, 0) is 50.1 Å². The number of likely N-dealkylation sites (tertiary alicyclic amines) is 1. The Hall–Kier alpha value is -4.03. The van der Waals surface area contributed by atoms with E-state index in [1.807, 2.05) is 31.2 Å². The number of aromatic nitrogens is 1. The maximum absolute atomic E-state index is 13.7. The van der Waals surface area contributed by atoms with Crippen LogP contribution in [-0.4, -0.2) is 49.8 Å². The molecule has 8 nitrogen and oxygen atoms in total. The number of aryl methyl sites for hydroxylation is 1. The van der Waals surface area contributed by atoms with E-state index in [0.29, 0.717) is 50.8 Å². The van der Waals surface area contributed by atoms with E-state index in [0.717, 1.165) is 29.7 Å². The third kappa shape index (κ3) is 4.60. The Kier molecular flexibility index (Phi) is 7.46. The summed E-state index contributed by atoms with van der Waals surface area (Å²) in [4.78, 5) is 28.6. The molecular formula is C27H27N3O5S. The van der Waals surface area contributed by atoms with Crippen LogP contribution in [0.2, 0.25) is 0 Å². The van der Waals surface area contributed by atoms with Crippen molar-refractivity contribution in [2.75, 3.05) is 34.4 Å². The van der Waals surface area contributed by atoms with Crippen molar-refractivity contribution >= 4 is 28.9 Å². The topological polar surface area (TPSA) is 93.8 Å². The maximum Gasteiger partial charge on any atom is 0.273 e. The molecule has 1 aliphatic rings. The summed E-state index contributed by atoms with van der Waals surface area (Å²) in [6, 6.07) is 13.0. The van der Waals surface area contributed by atoms with Gasteiger partial charge >= 0.3 is 0 Å². The number of thiazole rings is 1. The van der Waals surface area contributed by atoms with Crippen molar-refractivity contribution in [1.29, 1.82) is 5.26 Å². The molecule has 1 fully saturated rings. The SMILES string of the molecule is COc1ccc(/C=c2\s/c(=C(\C#N)C(=O)N3CCCC3)n(-c3ccc(C)cc3)c2=O)c(OC)c1OC. The molecule has 1 amide bonds. The van der Waals surface area contributed by atoms with Crippen molar-refractivity contribution in [2.45, 2.75) is 19.8 Å². The van der Waals surface area contributed by atoms with Gasteiger partial charge in [-0.15, -0.1) is 11.3 Å². The molecule has 1 aliphatic heterocycles. The van der Waals surface area contributed by atoms with Crippen LogP contribution in [0.25, 0.3) is 17.3 Å². The van der Waals surface area contributed by atoms with Gasteiger partial charge in [0.05, 0.1) is 31.5 Å². The summed E-state index contributed by atoms with van der Waals surface area (Å²) in [6.07, 6.45) is 3.48. The Morgan fingerprint density at radius 1 is 1.00 bits per heavy atom. The predicted molar refractivity (Wildman–Crippen MR) is 138 cm³/mol. The monoisotopic (exact) mass is 505 g/mol. The van der Waals surface area contributed by atoms with Crippen LogP contribution in [0, 0.1) is 18.3 Å². The first-order chi connectivity index (χ1) is 17.4.